The molecule has 0 radical (unpaired) electrons. The van der Waals surface area contributed by atoms with E-state index < -0.39 is 11.0 Å². The van der Waals surface area contributed by atoms with Crippen LogP contribution in [0.1, 0.15) is 35.2 Å². The zero-order valence-electron chi connectivity index (χ0n) is 12.6. The molecule has 3 aliphatic rings. The Labute approximate surface area is 128 Å². The van der Waals surface area contributed by atoms with Crippen LogP contribution in [0.2, 0.25) is 0 Å². The maximum Gasteiger partial charge on any atom is 0.337 e. The summed E-state index contributed by atoms with van der Waals surface area (Å²) in [4.78, 5) is 23.3. The van der Waals surface area contributed by atoms with Crippen LogP contribution >= 0.6 is 0 Å². The summed E-state index contributed by atoms with van der Waals surface area (Å²) in [5.41, 5.74) is 0.758. The molecule has 0 saturated heterocycles. The van der Waals surface area contributed by atoms with Crippen LogP contribution in [0.5, 0.6) is 0 Å². The van der Waals surface area contributed by atoms with Gasteiger partial charge in [0.25, 0.3) is 0 Å². The first-order valence-corrected chi connectivity index (χ1v) is 7.13. The van der Waals surface area contributed by atoms with Crippen LogP contribution in [-0.4, -0.2) is 36.9 Å². The minimum Gasteiger partial charge on any atom is -0.469 e. The molecular weight excluding hydrogens is 284 g/mol. The molecule has 1 N–H and O–H groups in total. The molecule has 0 unspecified atom stereocenters. The Morgan fingerprint density at radius 2 is 1.77 bits per heavy atom. The monoisotopic (exact) mass is 302 g/mol. The predicted molar refractivity (Wildman–Crippen MR) is 79.0 cm³/mol. The van der Waals surface area contributed by atoms with Crippen LogP contribution in [0.3, 0.4) is 0 Å². The van der Waals surface area contributed by atoms with Crippen molar-refractivity contribution in [2.75, 3.05) is 14.2 Å². The van der Waals surface area contributed by atoms with Gasteiger partial charge in [0.05, 0.1) is 30.8 Å². The molecule has 4 rings (SSSR count). The number of hydrogen-bond acceptors (Lipinski definition) is 5. The quantitative estimate of drug-likeness (QED) is 0.864. The Morgan fingerprint density at radius 3 is 2.32 bits per heavy atom. The van der Waals surface area contributed by atoms with Crippen molar-refractivity contribution in [3.63, 3.8) is 0 Å². The Balaban J connectivity index is 1.82. The molecule has 3 fully saturated rings. The first-order chi connectivity index (χ1) is 10.4. The number of carbonyl (C=O) groups is 2. The highest BCUT2D eigenvalue weighted by molar-refractivity contribution is 5.89. The molecule has 1 aromatic carbocycles. The van der Waals surface area contributed by atoms with Gasteiger partial charge < -0.3 is 14.6 Å². The van der Waals surface area contributed by atoms with Crippen molar-refractivity contribution in [3.05, 3.63) is 41.0 Å². The first-order valence-electron chi connectivity index (χ1n) is 7.13. The first kappa shape index (κ1) is 14.8. The molecule has 0 amide bonds. The summed E-state index contributed by atoms with van der Waals surface area (Å²) in [6, 6.07) is 6.95. The van der Waals surface area contributed by atoms with Crippen LogP contribution < -0.4 is 0 Å². The molecule has 0 atom stereocenters. The number of benzene rings is 1. The zero-order valence-corrected chi connectivity index (χ0v) is 12.6. The molecule has 22 heavy (non-hydrogen) atoms. The number of rotatable bonds is 3. The fourth-order valence-corrected chi connectivity index (χ4v) is 3.60. The Morgan fingerprint density at radius 1 is 1.14 bits per heavy atom. The fourth-order valence-electron chi connectivity index (χ4n) is 3.60. The molecular formula is C17H18O5. The highest BCUT2D eigenvalue weighted by Gasteiger charge is 2.67. The molecule has 0 aliphatic heterocycles. The van der Waals surface area contributed by atoms with E-state index in [0.717, 1.165) is 11.1 Å². The van der Waals surface area contributed by atoms with E-state index >= 15 is 0 Å². The van der Waals surface area contributed by atoms with Crippen LogP contribution in [-0.2, 0) is 14.3 Å². The lowest BCUT2D eigenvalue weighted by molar-refractivity contribution is -0.166. The molecule has 0 spiro atoms. The second kappa shape index (κ2) is 4.95. The van der Waals surface area contributed by atoms with Gasteiger partial charge in [-0.25, -0.2) is 4.79 Å². The van der Waals surface area contributed by atoms with Crippen molar-refractivity contribution >= 4 is 18.0 Å². The van der Waals surface area contributed by atoms with Crippen LogP contribution in [0.15, 0.2) is 29.8 Å². The third-order valence-corrected chi connectivity index (χ3v) is 4.68. The van der Waals surface area contributed by atoms with E-state index in [1.165, 1.54) is 14.2 Å². The van der Waals surface area contributed by atoms with Crippen molar-refractivity contribution < 1.29 is 24.2 Å². The van der Waals surface area contributed by atoms with Gasteiger partial charge in [-0.05, 0) is 42.5 Å². The summed E-state index contributed by atoms with van der Waals surface area (Å²) in [5, 5.41) is 10.5. The van der Waals surface area contributed by atoms with Gasteiger partial charge in [0.1, 0.15) is 0 Å². The average molecular weight is 302 g/mol. The molecule has 0 heterocycles. The Kier molecular flexibility index (Phi) is 3.33. The minimum absolute atomic E-state index is 0.249. The number of ether oxygens (including phenoxy) is 2. The van der Waals surface area contributed by atoms with Crippen LogP contribution in [0.4, 0.5) is 0 Å². The highest BCUT2D eigenvalue weighted by Crippen LogP contribution is 2.64. The summed E-state index contributed by atoms with van der Waals surface area (Å²) < 4.78 is 9.50. The molecule has 3 saturated carbocycles. The molecule has 1 aromatic rings. The van der Waals surface area contributed by atoms with Crippen molar-refractivity contribution in [1.82, 2.24) is 0 Å². The van der Waals surface area contributed by atoms with Crippen LogP contribution in [0.25, 0.3) is 6.08 Å². The molecule has 5 heteroatoms. The van der Waals surface area contributed by atoms with Gasteiger partial charge in [-0.1, -0.05) is 18.2 Å². The van der Waals surface area contributed by atoms with Gasteiger partial charge in [-0.15, -0.1) is 0 Å². The average Bonchev–Trinajstić information content (AvgIpc) is 2.94. The lowest BCUT2D eigenvalue weighted by Crippen LogP contribution is -2.48. The van der Waals surface area contributed by atoms with Crippen LogP contribution in [0, 0.1) is 5.41 Å². The Hall–Kier alpha value is -2.14. The minimum atomic E-state index is -0.894. The standard InChI is InChI=1S/C17H18O5/c1-21-14(18)12-5-3-11(4-6-12)7-13-8-16(15(19)22-2)9-17(13,20)10-16/h3-7,20H,8-10H2,1-2H3/b13-7+. The SMILES string of the molecule is COC(=O)c1ccc(/C=C2\CC3(C(=O)OC)CC2(O)C3)cc1. The maximum absolute atomic E-state index is 11.9. The number of fused-ring (bicyclic) bond motifs is 1. The predicted octanol–water partition coefficient (Wildman–Crippen LogP) is 1.94. The number of hydrogen-bond donors (Lipinski definition) is 1. The smallest absolute Gasteiger partial charge is 0.337 e. The summed E-state index contributed by atoms with van der Waals surface area (Å²) in [6.07, 6.45) is 3.27. The van der Waals surface area contributed by atoms with Gasteiger partial charge >= 0.3 is 11.9 Å². The zero-order chi connectivity index (χ0) is 16.0. The largest absolute Gasteiger partial charge is 0.469 e. The summed E-state index contributed by atoms with van der Waals surface area (Å²) in [6.45, 7) is 0. The highest BCUT2D eigenvalue weighted by atomic mass is 16.5. The van der Waals surface area contributed by atoms with Crippen molar-refractivity contribution in [2.45, 2.75) is 24.9 Å². The third kappa shape index (κ3) is 2.13. The summed E-state index contributed by atoms with van der Waals surface area (Å²) in [5.74, 6) is -0.632. The van der Waals surface area contributed by atoms with E-state index in [-0.39, 0.29) is 11.9 Å². The number of esters is 2. The fraction of sp³-hybridized carbons (Fsp3) is 0.412. The van der Waals surface area contributed by atoms with E-state index in [1.54, 1.807) is 24.3 Å². The normalized spacial score (nSPS) is 30.8. The van der Waals surface area contributed by atoms with E-state index in [9.17, 15) is 14.7 Å². The van der Waals surface area contributed by atoms with Gasteiger partial charge in [0.2, 0.25) is 0 Å². The van der Waals surface area contributed by atoms with E-state index in [4.69, 9.17) is 4.74 Å². The van der Waals surface area contributed by atoms with E-state index in [2.05, 4.69) is 4.74 Å². The second-order valence-electron chi connectivity index (χ2n) is 6.12. The van der Waals surface area contributed by atoms with E-state index in [1.807, 2.05) is 6.08 Å². The molecule has 5 nitrogen and oxygen atoms in total. The lowest BCUT2D eigenvalue weighted by atomic mass is 9.67. The molecule has 116 valence electrons. The molecule has 3 aliphatic carbocycles. The second-order valence-corrected chi connectivity index (χ2v) is 6.12. The third-order valence-electron chi connectivity index (χ3n) is 4.68. The summed E-state index contributed by atoms with van der Waals surface area (Å²) >= 11 is 0. The van der Waals surface area contributed by atoms with Gasteiger partial charge in [0, 0.05) is 0 Å². The topological polar surface area (TPSA) is 72.8 Å². The number of carbonyl (C=O) groups excluding carboxylic acids is 2. The van der Waals surface area contributed by atoms with E-state index in [0.29, 0.717) is 24.8 Å². The Bertz CT molecular complexity index is 650. The number of aliphatic hydroxyl groups is 1. The van der Waals surface area contributed by atoms with Gasteiger partial charge in [-0.2, -0.15) is 0 Å². The van der Waals surface area contributed by atoms with Gasteiger partial charge in [-0.3, -0.25) is 4.79 Å². The maximum atomic E-state index is 11.9. The summed E-state index contributed by atoms with van der Waals surface area (Å²) in [7, 11) is 2.72. The van der Waals surface area contributed by atoms with Crippen molar-refractivity contribution in [3.8, 4) is 0 Å². The molecule has 2 bridgehead atoms. The van der Waals surface area contributed by atoms with Crippen molar-refractivity contribution in [1.29, 1.82) is 0 Å². The van der Waals surface area contributed by atoms with Gasteiger partial charge in [0.15, 0.2) is 0 Å². The number of methoxy groups -OCH3 is 2. The van der Waals surface area contributed by atoms with Crippen molar-refractivity contribution in [2.24, 2.45) is 5.41 Å². The lowest BCUT2D eigenvalue weighted by Gasteiger charge is -2.41. The molecule has 0 aromatic heterocycles.